The Bertz CT molecular complexity index is 926. The van der Waals surface area contributed by atoms with Crippen molar-refractivity contribution in [2.75, 3.05) is 20.2 Å². The van der Waals surface area contributed by atoms with Crippen molar-refractivity contribution in [1.29, 1.82) is 0 Å². The first-order valence-corrected chi connectivity index (χ1v) is 11.0. The van der Waals surface area contributed by atoms with Gasteiger partial charge in [0.25, 0.3) is 0 Å². The molecule has 0 radical (unpaired) electrons. The highest BCUT2D eigenvalue weighted by atomic mass is 16.5. The van der Waals surface area contributed by atoms with Crippen LogP contribution >= 0.6 is 0 Å². The topological polar surface area (TPSA) is 51.7 Å². The lowest BCUT2D eigenvalue weighted by Crippen LogP contribution is -2.55. The van der Waals surface area contributed by atoms with Gasteiger partial charge in [-0.05, 0) is 61.9 Å². The number of aromatic nitrogens is 1. The highest BCUT2D eigenvalue weighted by Crippen LogP contribution is 2.44. The van der Waals surface area contributed by atoms with E-state index < -0.39 is 0 Å². The van der Waals surface area contributed by atoms with Gasteiger partial charge >= 0.3 is 5.97 Å². The number of allylic oxidation sites excluding steroid dienone is 1. The fraction of sp³-hybridized carbons (Fsp3) is 0.520. The monoisotopic (exact) mass is 408 g/mol. The molecule has 1 aromatic carbocycles. The van der Waals surface area contributed by atoms with Crippen LogP contribution in [0.2, 0.25) is 0 Å². The lowest BCUT2D eigenvalue weighted by Gasteiger charge is -2.51. The second kappa shape index (κ2) is 8.76. The first-order valence-electron chi connectivity index (χ1n) is 11.0. The van der Waals surface area contributed by atoms with Crippen LogP contribution in [0.1, 0.15) is 44.8 Å². The van der Waals surface area contributed by atoms with Gasteiger partial charge in [0, 0.05) is 23.7 Å². The SMILES string of the molecule is C=CCC1CN2CCC1CC2[C@@H](OC(=O)C(C)C)c1ccnc2ccc(OC)cc12. The van der Waals surface area contributed by atoms with E-state index in [1.165, 1.54) is 6.42 Å². The molecule has 0 saturated carbocycles. The van der Waals surface area contributed by atoms with Gasteiger partial charge < -0.3 is 9.47 Å². The second-order valence-electron chi connectivity index (χ2n) is 8.93. The third-order valence-electron chi connectivity index (χ3n) is 6.76. The summed E-state index contributed by atoms with van der Waals surface area (Å²) in [7, 11) is 1.67. The van der Waals surface area contributed by atoms with Crippen LogP contribution < -0.4 is 4.74 Å². The number of carbonyl (C=O) groups is 1. The number of benzene rings is 1. The fourth-order valence-corrected chi connectivity index (χ4v) is 5.11. The Balaban J connectivity index is 1.74. The van der Waals surface area contributed by atoms with Gasteiger partial charge in [-0.2, -0.15) is 0 Å². The predicted octanol–water partition coefficient (Wildman–Crippen LogP) is 4.77. The van der Waals surface area contributed by atoms with E-state index in [-0.39, 0.29) is 24.0 Å². The van der Waals surface area contributed by atoms with E-state index in [0.29, 0.717) is 11.8 Å². The largest absolute Gasteiger partial charge is 0.497 e. The van der Waals surface area contributed by atoms with E-state index >= 15 is 0 Å². The van der Waals surface area contributed by atoms with E-state index in [4.69, 9.17) is 9.47 Å². The standard InChI is InChI=1S/C25H32N2O3/c1-5-6-18-15-27-12-10-17(18)13-23(27)24(30-25(28)16(2)3)20-9-11-26-22-8-7-19(29-4)14-21(20)22/h5,7-9,11,14,16-18,23-24H,1,6,10,12-13,15H2,2-4H3/t17?,18?,23?,24-/m0/s1. The number of hydrogen-bond donors (Lipinski definition) is 0. The minimum atomic E-state index is -0.315. The van der Waals surface area contributed by atoms with Crippen molar-refractivity contribution in [3.05, 3.63) is 48.7 Å². The Morgan fingerprint density at radius 2 is 2.20 bits per heavy atom. The molecule has 2 aromatic rings. The number of hydrogen-bond acceptors (Lipinski definition) is 5. The van der Waals surface area contributed by atoms with Crippen LogP contribution in [0, 0.1) is 17.8 Å². The van der Waals surface area contributed by atoms with Crippen molar-refractivity contribution in [3.8, 4) is 5.75 Å². The zero-order valence-corrected chi connectivity index (χ0v) is 18.2. The van der Waals surface area contributed by atoms with E-state index in [0.717, 1.165) is 48.1 Å². The molecule has 3 fully saturated rings. The molecule has 4 heterocycles. The van der Waals surface area contributed by atoms with Gasteiger partial charge in [-0.15, -0.1) is 6.58 Å². The molecule has 30 heavy (non-hydrogen) atoms. The molecule has 4 unspecified atom stereocenters. The summed E-state index contributed by atoms with van der Waals surface area (Å²) >= 11 is 0. The Labute approximate surface area is 179 Å². The van der Waals surface area contributed by atoms with Gasteiger partial charge in [0.1, 0.15) is 11.9 Å². The summed E-state index contributed by atoms with van der Waals surface area (Å²) in [5, 5.41) is 0.990. The zero-order chi connectivity index (χ0) is 21.3. The Morgan fingerprint density at radius 3 is 2.87 bits per heavy atom. The molecule has 1 aromatic heterocycles. The molecule has 3 saturated heterocycles. The van der Waals surface area contributed by atoms with Crippen LogP contribution in [0.5, 0.6) is 5.75 Å². The average molecular weight is 409 g/mol. The smallest absolute Gasteiger partial charge is 0.309 e. The van der Waals surface area contributed by atoms with Crippen LogP contribution in [-0.4, -0.2) is 42.1 Å². The van der Waals surface area contributed by atoms with Crippen LogP contribution in [-0.2, 0) is 9.53 Å². The zero-order valence-electron chi connectivity index (χ0n) is 18.2. The van der Waals surface area contributed by atoms with Crippen LogP contribution in [0.4, 0.5) is 0 Å². The normalized spacial score (nSPS) is 26.5. The van der Waals surface area contributed by atoms with Gasteiger partial charge in [-0.25, -0.2) is 0 Å². The minimum Gasteiger partial charge on any atom is -0.497 e. The quantitative estimate of drug-likeness (QED) is 0.488. The van der Waals surface area contributed by atoms with E-state index in [1.54, 1.807) is 7.11 Å². The number of rotatable bonds is 7. The van der Waals surface area contributed by atoms with Crippen LogP contribution in [0.3, 0.4) is 0 Å². The lowest BCUT2D eigenvalue weighted by molar-refractivity contribution is -0.161. The number of ether oxygens (including phenoxy) is 2. The summed E-state index contributed by atoms with van der Waals surface area (Å²) in [6.07, 6.45) is 6.86. The van der Waals surface area contributed by atoms with Crippen LogP contribution in [0.15, 0.2) is 43.1 Å². The first-order chi connectivity index (χ1) is 14.5. The Hall–Kier alpha value is -2.40. The molecule has 0 spiro atoms. The number of fused-ring (bicyclic) bond motifs is 4. The number of piperidine rings is 3. The third-order valence-corrected chi connectivity index (χ3v) is 6.76. The predicted molar refractivity (Wildman–Crippen MR) is 118 cm³/mol. The molecule has 0 aliphatic carbocycles. The number of esters is 1. The fourth-order valence-electron chi connectivity index (χ4n) is 5.11. The molecule has 5 heteroatoms. The van der Waals surface area contributed by atoms with Gasteiger partial charge in [-0.1, -0.05) is 19.9 Å². The molecule has 0 N–H and O–H groups in total. The van der Waals surface area contributed by atoms with Crippen molar-refractivity contribution in [2.24, 2.45) is 17.8 Å². The number of methoxy groups -OCH3 is 1. The third kappa shape index (κ3) is 3.95. The molecule has 5 nitrogen and oxygen atoms in total. The maximum absolute atomic E-state index is 12.7. The van der Waals surface area contributed by atoms with Crippen molar-refractivity contribution < 1.29 is 14.3 Å². The Kier molecular flexibility index (Phi) is 6.09. The van der Waals surface area contributed by atoms with E-state index in [1.807, 2.05) is 50.4 Å². The van der Waals surface area contributed by atoms with Crippen LogP contribution in [0.25, 0.3) is 10.9 Å². The summed E-state index contributed by atoms with van der Waals surface area (Å²) < 4.78 is 11.7. The van der Waals surface area contributed by atoms with Crippen molar-refractivity contribution in [1.82, 2.24) is 9.88 Å². The van der Waals surface area contributed by atoms with Crippen molar-refractivity contribution >= 4 is 16.9 Å². The molecule has 5 rings (SSSR count). The summed E-state index contributed by atoms with van der Waals surface area (Å²) in [4.78, 5) is 19.8. The Morgan fingerprint density at radius 1 is 1.37 bits per heavy atom. The van der Waals surface area contributed by atoms with Crippen molar-refractivity contribution in [3.63, 3.8) is 0 Å². The van der Waals surface area contributed by atoms with Gasteiger partial charge in [-0.3, -0.25) is 14.7 Å². The molecule has 5 atom stereocenters. The highest BCUT2D eigenvalue weighted by molar-refractivity contribution is 5.84. The minimum absolute atomic E-state index is 0.154. The summed E-state index contributed by atoms with van der Waals surface area (Å²) in [5.74, 6) is 1.77. The number of nitrogens with zero attached hydrogens (tertiary/aromatic N) is 2. The summed E-state index contributed by atoms with van der Waals surface area (Å²) in [6.45, 7) is 9.83. The molecule has 3 aliphatic heterocycles. The molecule has 3 aliphatic rings. The average Bonchev–Trinajstić information content (AvgIpc) is 2.77. The first kappa shape index (κ1) is 20.9. The summed E-state index contributed by atoms with van der Waals surface area (Å²) in [5.41, 5.74) is 1.91. The number of pyridine rings is 1. The van der Waals surface area contributed by atoms with Gasteiger partial charge in [0.2, 0.25) is 0 Å². The molecular weight excluding hydrogens is 376 g/mol. The summed E-state index contributed by atoms with van der Waals surface area (Å²) in [6, 6.07) is 8.08. The molecule has 160 valence electrons. The number of carbonyl (C=O) groups excluding carboxylic acids is 1. The van der Waals surface area contributed by atoms with Gasteiger partial charge in [0.15, 0.2) is 0 Å². The highest BCUT2D eigenvalue weighted by Gasteiger charge is 2.44. The maximum Gasteiger partial charge on any atom is 0.309 e. The van der Waals surface area contributed by atoms with E-state index in [9.17, 15) is 4.79 Å². The molecule has 0 amide bonds. The van der Waals surface area contributed by atoms with Gasteiger partial charge in [0.05, 0.1) is 24.6 Å². The second-order valence-corrected chi connectivity index (χ2v) is 8.93. The lowest BCUT2D eigenvalue weighted by atomic mass is 9.72. The molecular formula is C25H32N2O3. The van der Waals surface area contributed by atoms with Crippen molar-refractivity contribution in [2.45, 2.75) is 45.3 Å². The maximum atomic E-state index is 12.7. The van der Waals surface area contributed by atoms with E-state index in [2.05, 4.69) is 16.5 Å². The molecule has 2 bridgehead atoms.